The van der Waals surface area contributed by atoms with Gasteiger partial charge in [0.05, 0.1) is 18.4 Å². The average molecular weight is 262 g/mol. The molecule has 0 aromatic heterocycles. The molecule has 0 spiro atoms. The highest BCUT2D eigenvalue weighted by molar-refractivity contribution is 5.83. The van der Waals surface area contributed by atoms with Crippen molar-refractivity contribution in [3.63, 3.8) is 0 Å². The Bertz CT molecular complexity index is 441. The van der Waals surface area contributed by atoms with E-state index in [1.807, 2.05) is 6.07 Å². The zero-order valence-electron chi connectivity index (χ0n) is 11.0. The predicted octanol–water partition coefficient (Wildman–Crippen LogP) is 2.57. The van der Waals surface area contributed by atoms with Crippen LogP contribution in [0, 0.1) is 11.8 Å². The summed E-state index contributed by atoms with van der Waals surface area (Å²) in [6.45, 7) is 2.11. The van der Waals surface area contributed by atoms with E-state index in [9.17, 15) is 9.59 Å². The summed E-state index contributed by atoms with van der Waals surface area (Å²) in [4.78, 5) is 23.9. The van der Waals surface area contributed by atoms with Gasteiger partial charge in [-0.15, -0.1) is 0 Å². The number of esters is 2. The van der Waals surface area contributed by atoms with Gasteiger partial charge in [0.2, 0.25) is 0 Å². The van der Waals surface area contributed by atoms with Crippen LogP contribution >= 0.6 is 0 Å². The summed E-state index contributed by atoms with van der Waals surface area (Å²) in [5, 5.41) is 0. The topological polar surface area (TPSA) is 52.6 Å². The van der Waals surface area contributed by atoms with Crippen molar-refractivity contribution < 1.29 is 19.1 Å². The third-order valence-electron chi connectivity index (χ3n) is 3.37. The van der Waals surface area contributed by atoms with Crippen LogP contribution < -0.4 is 4.74 Å². The second-order valence-electron chi connectivity index (χ2n) is 4.63. The van der Waals surface area contributed by atoms with Crippen molar-refractivity contribution >= 4 is 11.9 Å². The molecule has 1 aromatic carbocycles. The van der Waals surface area contributed by atoms with E-state index in [0.717, 1.165) is 6.42 Å². The first kappa shape index (κ1) is 13.6. The first-order valence-electron chi connectivity index (χ1n) is 6.65. The SMILES string of the molecule is CCOC(=O)C1CCCC1C(=O)Oc1ccccc1. The average Bonchev–Trinajstić information content (AvgIpc) is 2.89. The maximum absolute atomic E-state index is 12.1. The standard InChI is InChI=1S/C15H18O4/c1-2-18-14(16)12-9-6-10-13(12)15(17)19-11-7-4-3-5-8-11/h3-5,7-8,12-13H,2,6,9-10H2,1H3. The summed E-state index contributed by atoms with van der Waals surface area (Å²) in [6, 6.07) is 8.92. The molecule has 1 saturated carbocycles. The molecule has 2 rings (SSSR count). The van der Waals surface area contributed by atoms with Gasteiger partial charge in [-0.1, -0.05) is 24.6 Å². The molecule has 0 heterocycles. The van der Waals surface area contributed by atoms with Crippen LogP contribution in [-0.2, 0) is 14.3 Å². The van der Waals surface area contributed by atoms with E-state index in [1.54, 1.807) is 31.2 Å². The van der Waals surface area contributed by atoms with E-state index < -0.39 is 0 Å². The van der Waals surface area contributed by atoms with Gasteiger partial charge >= 0.3 is 11.9 Å². The van der Waals surface area contributed by atoms with Crippen molar-refractivity contribution in [1.29, 1.82) is 0 Å². The summed E-state index contributed by atoms with van der Waals surface area (Å²) >= 11 is 0. The van der Waals surface area contributed by atoms with Crippen LogP contribution in [0.15, 0.2) is 30.3 Å². The Balaban J connectivity index is 2.00. The first-order chi connectivity index (χ1) is 9.22. The lowest BCUT2D eigenvalue weighted by Crippen LogP contribution is -2.30. The number of para-hydroxylation sites is 1. The Morgan fingerprint density at radius 1 is 1.11 bits per heavy atom. The van der Waals surface area contributed by atoms with Crippen LogP contribution in [0.25, 0.3) is 0 Å². The van der Waals surface area contributed by atoms with Gasteiger partial charge in [-0.2, -0.15) is 0 Å². The van der Waals surface area contributed by atoms with E-state index in [4.69, 9.17) is 9.47 Å². The van der Waals surface area contributed by atoms with Gasteiger partial charge in [0.25, 0.3) is 0 Å². The summed E-state index contributed by atoms with van der Waals surface area (Å²) in [7, 11) is 0. The molecule has 0 amide bonds. The van der Waals surface area contributed by atoms with Crippen molar-refractivity contribution in [2.45, 2.75) is 26.2 Å². The minimum atomic E-state index is -0.376. The molecule has 4 nitrogen and oxygen atoms in total. The zero-order chi connectivity index (χ0) is 13.7. The molecule has 1 aromatic rings. The maximum atomic E-state index is 12.1. The monoisotopic (exact) mass is 262 g/mol. The molecule has 2 unspecified atom stereocenters. The van der Waals surface area contributed by atoms with Crippen LogP contribution in [0.2, 0.25) is 0 Å². The fourth-order valence-electron chi connectivity index (χ4n) is 2.45. The third-order valence-corrected chi connectivity index (χ3v) is 3.37. The molecule has 1 aliphatic rings. The van der Waals surface area contributed by atoms with Crippen molar-refractivity contribution in [3.05, 3.63) is 30.3 Å². The molecule has 19 heavy (non-hydrogen) atoms. The Morgan fingerprint density at radius 2 is 1.74 bits per heavy atom. The quantitative estimate of drug-likeness (QED) is 0.618. The van der Waals surface area contributed by atoms with Crippen molar-refractivity contribution in [3.8, 4) is 5.75 Å². The van der Waals surface area contributed by atoms with Crippen LogP contribution in [0.4, 0.5) is 0 Å². The van der Waals surface area contributed by atoms with Gasteiger partial charge in [0, 0.05) is 0 Å². The largest absolute Gasteiger partial charge is 0.466 e. The molecular weight excluding hydrogens is 244 g/mol. The fourth-order valence-corrected chi connectivity index (χ4v) is 2.45. The Hall–Kier alpha value is -1.84. The molecular formula is C15H18O4. The number of carbonyl (C=O) groups excluding carboxylic acids is 2. The fraction of sp³-hybridized carbons (Fsp3) is 0.467. The minimum Gasteiger partial charge on any atom is -0.466 e. The van der Waals surface area contributed by atoms with Crippen LogP contribution in [0.3, 0.4) is 0 Å². The Morgan fingerprint density at radius 3 is 2.37 bits per heavy atom. The second-order valence-corrected chi connectivity index (χ2v) is 4.63. The van der Waals surface area contributed by atoms with Crippen molar-refractivity contribution in [2.24, 2.45) is 11.8 Å². The van der Waals surface area contributed by atoms with Gasteiger partial charge < -0.3 is 9.47 Å². The summed E-state index contributed by atoms with van der Waals surface area (Å²) in [5.41, 5.74) is 0. The molecule has 4 heteroatoms. The van der Waals surface area contributed by atoms with Crippen LogP contribution in [0.1, 0.15) is 26.2 Å². The number of hydrogen-bond acceptors (Lipinski definition) is 4. The van der Waals surface area contributed by atoms with Gasteiger partial charge in [0.1, 0.15) is 5.75 Å². The summed E-state index contributed by atoms with van der Waals surface area (Å²) in [5.74, 6) is -0.825. The lowest BCUT2D eigenvalue weighted by Gasteiger charge is -2.16. The third kappa shape index (κ3) is 3.34. The van der Waals surface area contributed by atoms with E-state index in [0.29, 0.717) is 25.2 Å². The minimum absolute atomic E-state index is 0.282. The highest BCUT2D eigenvalue weighted by Crippen LogP contribution is 2.34. The highest BCUT2D eigenvalue weighted by Gasteiger charge is 2.39. The zero-order valence-corrected chi connectivity index (χ0v) is 11.0. The van der Waals surface area contributed by atoms with Crippen molar-refractivity contribution in [1.82, 2.24) is 0 Å². The van der Waals surface area contributed by atoms with E-state index in [2.05, 4.69) is 0 Å². The van der Waals surface area contributed by atoms with Gasteiger partial charge in [0.15, 0.2) is 0 Å². The maximum Gasteiger partial charge on any atom is 0.315 e. The predicted molar refractivity (Wildman–Crippen MR) is 69.5 cm³/mol. The second kappa shape index (κ2) is 6.36. The Kier molecular flexibility index (Phi) is 4.55. The highest BCUT2D eigenvalue weighted by atomic mass is 16.5. The lowest BCUT2D eigenvalue weighted by atomic mass is 9.96. The molecule has 0 radical (unpaired) electrons. The van der Waals surface area contributed by atoms with Crippen LogP contribution in [0.5, 0.6) is 5.75 Å². The number of carbonyl (C=O) groups is 2. The van der Waals surface area contributed by atoms with E-state index in [1.165, 1.54) is 0 Å². The van der Waals surface area contributed by atoms with E-state index in [-0.39, 0.29) is 23.8 Å². The molecule has 1 aliphatic carbocycles. The summed E-state index contributed by atoms with van der Waals surface area (Å²) in [6.07, 6.45) is 2.25. The normalized spacial score (nSPS) is 21.9. The molecule has 102 valence electrons. The van der Waals surface area contributed by atoms with Gasteiger partial charge in [-0.3, -0.25) is 9.59 Å². The van der Waals surface area contributed by atoms with Gasteiger partial charge in [-0.05, 0) is 31.9 Å². The molecule has 1 fully saturated rings. The number of benzene rings is 1. The number of rotatable bonds is 4. The summed E-state index contributed by atoms with van der Waals surface area (Å²) < 4.78 is 10.3. The lowest BCUT2D eigenvalue weighted by molar-refractivity contribution is -0.154. The molecule has 0 aliphatic heterocycles. The van der Waals surface area contributed by atoms with Gasteiger partial charge in [-0.25, -0.2) is 0 Å². The Labute approximate surface area is 112 Å². The van der Waals surface area contributed by atoms with Crippen molar-refractivity contribution in [2.75, 3.05) is 6.61 Å². The first-order valence-corrected chi connectivity index (χ1v) is 6.65. The smallest absolute Gasteiger partial charge is 0.315 e. The number of ether oxygens (including phenoxy) is 2. The van der Waals surface area contributed by atoms with E-state index >= 15 is 0 Å². The van der Waals surface area contributed by atoms with Crippen LogP contribution in [-0.4, -0.2) is 18.5 Å². The molecule has 0 saturated heterocycles. The molecule has 2 atom stereocenters. The molecule has 0 N–H and O–H groups in total. The molecule has 0 bridgehead atoms. The number of hydrogen-bond donors (Lipinski definition) is 0.